The highest BCUT2D eigenvalue weighted by Gasteiger charge is 2.63. The molecule has 4 nitrogen and oxygen atoms in total. The van der Waals surface area contributed by atoms with Gasteiger partial charge >= 0.3 is 5.97 Å². The molecule has 2 aliphatic rings. The first-order chi connectivity index (χ1) is 17.3. The van der Waals surface area contributed by atoms with Gasteiger partial charge < -0.3 is 4.84 Å². The molecule has 168 valence electrons. The molecule has 0 bridgehead atoms. The fourth-order valence-electron chi connectivity index (χ4n) is 5.00. The van der Waals surface area contributed by atoms with E-state index in [1.807, 2.05) is 121 Å². The first-order valence-electron chi connectivity index (χ1n) is 11.6. The van der Waals surface area contributed by atoms with Gasteiger partial charge in [-0.2, -0.15) is 0 Å². The summed E-state index contributed by atoms with van der Waals surface area (Å²) in [6, 6.07) is 39.2. The number of carbonyl (C=O) groups excluding carboxylic acids is 1. The summed E-state index contributed by atoms with van der Waals surface area (Å²) in [5.41, 5.74) is 4.60. The quantitative estimate of drug-likeness (QED) is 0.342. The molecule has 0 amide bonds. The summed E-state index contributed by atoms with van der Waals surface area (Å²) in [6.45, 7) is 0. The van der Waals surface area contributed by atoms with Crippen LogP contribution in [0.2, 0.25) is 0 Å². The molecule has 4 heteroatoms. The normalized spacial score (nSPS) is 22.2. The lowest BCUT2D eigenvalue weighted by Crippen LogP contribution is -2.41. The lowest BCUT2D eigenvalue weighted by atomic mass is 9.67. The van der Waals surface area contributed by atoms with E-state index < -0.39 is 17.4 Å². The maximum Gasteiger partial charge on any atom is 0.354 e. The summed E-state index contributed by atoms with van der Waals surface area (Å²) < 4.78 is 0. The van der Waals surface area contributed by atoms with Crippen molar-refractivity contribution in [1.82, 2.24) is 0 Å². The average Bonchev–Trinajstić information content (AvgIpc) is 3.44. The third-order valence-corrected chi connectivity index (χ3v) is 6.58. The summed E-state index contributed by atoms with van der Waals surface area (Å²) in [5.74, 6) is -0.415. The number of rotatable bonds is 4. The first-order valence-corrected chi connectivity index (χ1v) is 11.6. The van der Waals surface area contributed by atoms with Crippen LogP contribution in [0.15, 0.2) is 137 Å². The Bertz CT molecular complexity index is 1460. The Morgan fingerprint density at radius 3 is 1.86 bits per heavy atom. The Hall–Kier alpha value is -4.57. The molecule has 0 saturated carbocycles. The molecule has 0 unspecified atom stereocenters. The third-order valence-electron chi connectivity index (χ3n) is 6.58. The Morgan fingerprint density at radius 2 is 1.23 bits per heavy atom. The van der Waals surface area contributed by atoms with Crippen LogP contribution in [0.5, 0.6) is 0 Å². The minimum absolute atomic E-state index is 0.415. The van der Waals surface area contributed by atoms with E-state index in [0.29, 0.717) is 5.71 Å². The van der Waals surface area contributed by atoms with E-state index in [9.17, 15) is 4.79 Å². The van der Waals surface area contributed by atoms with Crippen molar-refractivity contribution in [3.05, 3.63) is 149 Å². The van der Waals surface area contributed by atoms with Crippen LogP contribution in [-0.2, 0) is 9.63 Å². The van der Waals surface area contributed by atoms with Crippen molar-refractivity contribution >= 4 is 23.5 Å². The molecule has 0 radical (unpaired) electrons. The van der Waals surface area contributed by atoms with Gasteiger partial charge in [0.15, 0.2) is 5.41 Å². The van der Waals surface area contributed by atoms with Gasteiger partial charge in [-0.3, -0.25) is 4.99 Å². The van der Waals surface area contributed by atoms with Crippen molar-refractivity contribution in [3.8, 4) is 0 Å². The van der Waals surface area contributed by atoms with Crippen molar-refractivity contribution in [2.75, 3.05) is 0 Å². The summed E-state index contributed by atoms with van der Waals surface area (Å²) in [6.07, 6.45) is 2.06. The second-order valence-electron chi connectivity index (χ2n) is 8.62. The summed E-state index contributed by atoms with van der Waals surface area (Å²) in [5, 5.41) is 4.37. The van der Waals surface area contributed by atoms with Crippen molar-refractivity contribution in [1.29, 1.82) is 0 Å². The van der Waals surface area contributed by atoms with E-state index in [1.165, 1.54) is 0 Å². The monoisotopic (exact) mass is 454 g/mol. The Morgan fingerprint density at radius 1 is 0.686 bits per heavy atom. The summed E-state index contributed by atoms with van der Waals surface area (Å²) in [7, 11) is 0. The Balaban J connectivity index is 1.67. The molecule has 35 heavy (non-hydrogen) atoms. The second-order valence-corrected chi connectivity index (χ2v) is 8.62. The van der Waals surface area contributed by atoms with Gasteiger partial charge in [0, 0.05) is 16.7 Å². The number of hydrogen-bond acceptors (Lipinski definition) is 4. The molecular formula is C31H22N2O2. The van der Waals surface area contributed by atoms with Crippen molar-refractivity contribution < 1.29 is 9.63 Å². The molecule has 0 aliphatic carbocycles. The van der Waals surface area contributed by atoms with Crippen molar-refractivity contribution in [2.45, 2.75) is 6.04 Å². The topological polar surface area (TPSA) is 51.0 Å². The van der Waals surface area contributed by atoms with E-state index >= 15 is 0 Å². The fraction of sp³-hybridized carbons (Fsp3) is 0.0645. The Labute approximate surface area is 203 Å². The Kier molecular flexibility index (Phi) is 5.19. The van der Waals surface area contributed by atoms with Gasteiger partial charge in [0.2, 0.25) is 0 Å². The van der Waals surface area contributed by atoms with E-state index in [0.717, 1.165) is 33.5 Å². The first kappa shape index (κ1) is 21.0. The zero-order valence-corrected chi connectivity index (χ0v) is 18.9. The maximum atomic E-state index is 13.9. The number of hydrogen-bond donors (Lipinski definition) is 0. The largest absolute Gasteiger partial charge is 0.354 e. The zero-order chi connectivity index (χ0) is 23.7. The number of nitrogens with zero attached hydrogens (tertiary/aromatic N) is 2. The van der Waals surface area contributed by atoms with E-state index in [4.69, 9.17) is 9.83 Å². The molecule has 2 aliphatic heterocycles. The predicted octanol–water partition coefficient (Wildman–Crippen LogP) is 6.26. The van der Waals surface area contributed by atoms with Crippen LogP contribution in [0, 0.1) is 5.41 Å². The van der Waals surface area contributed by atoms with Crippen LogP contribution in [0.1, 0.15) is 28.3 Å². The number of benzene rings is 4. The minimum Gasteiger partial charge on any atom is -0.316 e. The molecular weight excluding hydrogens is 432 g/mol. The van der Waals surface area contributed by atoms with Gasteiger partial charge in [-0.1, -0.05) is 126 Å². The SMILES string of the molecule is O=C1ON=C(c2ccccc2)[C@]12/C(=C\c1ccccc1)C(c1ccccc1)=N[C@@H]2c1ccccc1. The summed E-state index contributed by atoms with van der Waals surface area (Å²) in [4.78, 5) is 24.6. The predicted molar refractivity (Wildman–Crippen MR) is 138 cm³/mol. The highest BCUT2D eigenvalue weighted by atomic mass is 16.7. The number of carbonyl (C=O) groups is 1. The van der Waals surface area contributed by atoms with Gasteiger partial charge in [0.25, 0.3) is 0 Å². The molecule has 0 fully saturated rings. The average molecular weight is 455 g/mol. The van der Waals surface area contributed by atoms with Crippen LogP contribution in [-0.4, -0.2) is 17.4 Å². The highest BCUT2D eigenvalue weighted by molar-refractivity contribution is 6.32. The third kappa shape index (κ3) is 3.42. The summed E-state index contributed by atoms with van der Waals surface area (Å²) >= 11 is 0. The van der Waals surface area contributed by atoms with Gasteiger partial charge in [-0.05, 0) is 17.2 Å². The van der Waals surface area contributed by atoms with Crippen LogP contribution < -0.4 is 0 Å². The van der Waals surface area contributed by atoms with Gasteiger partial charge in [0.1, 0.15) is 11.8 Å². The van der Waals surface area contributed by atoms with E-state index in [-0.39, 0.29) is 0 Å². The maximum absolute atomic E-state index is 13.9. The minimum atomic E-state index is -1.22. The molecule has 1 spiro atoms. The smallest absolute Gasteiger partial charge is 0.316 e. The highest BCUT2D eigenvalue weighted by Crippen LogP contribution is 2.55. The molecule has 0 N–H and O–H groups in total. The van der Waals surface area contributed by atoms with Gasteiger partial charge in [-0.25, -0.2) is 4.79 Å². The van der Waals surface area contributed by atoms with Crippen LogP contribution in [0.3, 0.4) is 0 Å². The lowest BCUT2D eigenvalue weighted by molar-refractivity contribution is -0.147. The molecule has 4 aromatic rings. The second kappa shape index (κ2) is 8.65. The zero-order valence-electron chi connectivity index (χ0n) is 18.9. The molecule has 2 atom stereocenters. The molecule has 0 saturated heterocycles. The molecule has 6 rings (SSSR count). The van der Waals surface area contributed by atoms with E-state index in [1.54, 1.807) is 0 Å². The molecule has 2 heterocycles. The van der Waals surface area contributed by atoms with Gasteiger partial charge in [0.05, 0.1) is 5.71 Å². The van der Waals surface area contributed by atoms with E-state index in [2.05, 4.69) is 11.2 Å². The van der Waals surface area contributed by atoms with Crippen LogP contribution in [0.25, 0.3) is 6.08 Å². The molecule has 4 aromatic carbocycles. The standard InChI is InChI=1S/C31H22N2O2/c34-30-31(29(33-35-30)25-19-11-4-12-20-25)26(21-22-13-5-1-6-14-22)27(23-15-7-2-8-16-23)32-28(31)24-17-9-3-10-18-24/h1-21,28H/b26-21-/t28-,31-/m1/s1. The molecule has 0 aromatic heterocycles. The number of aliphatic imine (C=N–C) groups is 1. The fourth-order valence-corrected chi connectivity index (χ4v) is 5.00. The van der Waals surface area contributed by atoms with Crippen molar-refractivity contribution in [3.63, 3.8) is 0 Å². The van der Waals surface area contributed by atoms with Crippen molar-refractivity contribution in [2.24, 2.45) is 15.6 Å². The number of oxime groups is 1. The van der Waals surface area contributed by atoms with Crippen LogP contribution >= 0.6 is 0 Å². The lowest BCUT2D eigenvalue weighted by Gasteiger charge is -2.29. The van der Waals surface area contributed by atoms with Gasteiger partial charge in [-0.15, -0.1) is 0 Å². The van der Waals surface area contributed by atoms with Crippen LogP contribution in [0.4, 0.5) is 0 Å².